The van der Waals surface area contributed by atoms with E-state index in [0.29, 0.717) is 23.6 Å². The second-order valence-electron chi connectivity index (χ2n) is 7.27. The zero-order valence-electron chi connectivity index (χ0n) is 16.7. The van der Waals surface area contributed by atoms with E-state index in [1.54, 1.807) is 12.1 Å². The van der Waals surface area contributed by atoms with Crippen molar-refractivity contribution in [2.24, 2.45) is 5.92 Å². The molecule has 4 nitrogen and oxygen atoms in total. The lowest BCUT2D eigenvalue weighted by Crippen LogP contribution is -2.39. The fraction of sp³-hybridized carbons (Fsp3) is 0.200. The van der Waals surface area contributed by atoms with Crippen LogP contribution in [0.1, 0.15) is 29.8 Å². The lowest BCUT2D eigenvalue weighted by molar-refractivity contribution is 0.0951. The second-order valence-corrected chi connectivity index (χ2v) is 7.27. The molecule has 0 aliphatic rings. The number of hydrogen-bond acceptors (Lipinski definition) is 3. The molecule has 0 heterocycles. The molecular weight excluding hydrogens is 358 g/mol. The van der Waals surface area contributed by atoms with Crippen LogP contribution in [0.4, 0.5) is 5.69 Å². The topological polar surface area (TPSA) is 64.9 Å². The SMILES string of the molecule is CC(C)C(CNC(=O)c1ccccc1-c1ccccc1C#N)Nc1ccccc1. The number of benzene rings is 3. The molecule has 0 saturated heterocycles. The molecule has 1 unspecified atom stereocenters. The fourth-order valence-electron chi connectivity index (χ4n) is 3.23. The highest BCUT2D eigenvalue weighted by Crippen LogP contribution is 2.26. The largest absolute Gasteiger partial charge is 0.380 e. The van der Waals surface area contributed by atoms with Crippen LogP contribution >= 0.6 is 0 Å². The van der Waals surface area contributed by atoms with Gasteiger partial charge in [0.1, 0.15) is 0 Å². The number of anilines is 1. The number of nitrogens with zero attached hydrogens (tertiary/aromatic N) is 1. The predicted molar refractivity (Wildman–Crippen MR) is 118 cm³/mol. The van der Waals surface area contributed by atoms with E-state index in [0.717, 1.165) is 16.8 Å². The van der Waals surface area contributed by atoms with Gasteiger partial charge in [-0.2, -0.15) is 5.26 Å². The molecule has 2 N–H and O–H groups in total. The number of carbonyl (C=O) groups is 1. The van der Waals surface area contributed by atoms with Gasteiger partial charge < -0.3 is 10.6 Å². The highest BCUT2D eigenvalue weighted by atomic mass is 16.1. The molecule has 3 rings (SSSR count). The van der Waals surface area contributed by atoms with Gasteiger partial charge in [-0.25, -0.2) is 0 Å². The molecule has 0 aliphatic heterocycles. The van der Waals surface area contributed by atoms with Crippen LogP contribution in [0, 0.1) is 17.2 Å². The van der Waals surface area contributed by atoms with Gasteiger partial charge in [0.25, 0.3) is 5.91 Å². The van der Waals surface area contributed by atoms with Gasteiger partial charge in [-0.15, -0.1) is 0 Å². The third-order valence-corrected chi connectivity index (χ3v) is 4.92. The summed E-state index contributed by atoms with van der Waals surface area (Å²) in [6, 6.07) is 27.1. The Morgan fingerprint density at radius 3 is 2.21 bits per heavy atom. The summed E-state index contributed by atoms with van der Waals surface area (Å²) in [6.07, 6.45) is 0. The highest BCUT2D eigenvalue weighted by Gasteiger charge is 2.18. The van der Waals surface area contributed by atoms with Crippen molar-refractivity contribution in [1.82, 2.24) is 5.32 Å². The summed E-state index contributed by atoms with van der Waals surface area (Å²) < 4.78 is 0. The van der Waals surface area contributed by atoms with E-state index in [9.17, 15) is 10.1 Å². The summed E-state index contributed by atoms with van der Waals surface area (Å²) in [7, 11) is 0. The number of nitriles is 1. The molecule has 146 valence electrons. The molecule has 29 heavy (non-hydrogen) atoms. The van der Waals surface area contributed by atoms with Crippen molar-refractivity contribution < 1.29 is 4.79 Å². The highest BCUT2D eigenvalue weighted by molar-refractivity contribution is 6.01. The van der Waals surface area contributed by atoms with Crippen molar-refractivity contribution in [2.45, 2.75) is 19.9 Å². The summed E-state index contributed by atoms with van der Waals surface area (Å²) in [4.78, 5) is 13.0. The minimum Gasteiger partial charge on any atom is -0.380 e. The Morgan fingerprint density at radius 2 is 1.52 bits per heavy atom. The first-order chi connectivity index (χ1) is 14.1. The minimum absolute atomic E-state index is 0.0971. The Bertz CT molecular complexity index is 1010. The van der Waals surface area contributed by atoms with Crippen LogP contribution in [0.25, 0.3) is 11.1 Å². The van der Waals surface area contributed by atoms with Crippen molar-refractivity contribution >= 4 is 11.6 Å². The first-order valence-corrected chi connectivity index (χ1v) is 9.78. The zero-order chi connectivity index (χ0) is 20.6. The number of amides is 1. The van der Waals surface area contributed by atoms with Crippen molar-refractivity contribution in [3.8, 4) is 17.2 Å². The van der Waals surface area contributed by atoms with Crippen molar-refractivity contribution in [2.75, 3.05) is 11.9 Å². The Kier molecular flexibility index (Phi) is 6.65. The average Bonchev–Trinajstić information content (AvgIpc) is 2.76. The van der Waals surface area contributed by atoms with Crippen LogP contribution in [-0.2, 0) is 0 Å². The van der Waals surface area contributed by atoms with Crippen molar-refractivity contribution in [1.29, 1.82) is 5.26 Å². The number of rotatable bonds is 7. The third kappa shape index (κ3) is 5.03. The first-order valence-electron chi connectivity index (χ1n) is 9.78. The molecule has 4 heteroatoms. The summed E-state index contributed by atoms with van der Waals surface area (Å²) in [5.41, 5.74) is 3.68. The number of carbonyl (C=O) groups excluding carboxylic acids is 1. The number of nitrogens with one attached hydrogen (secondary N) is 2. The van der Waals surface area contributed by atoms with Gasteiger partial charge in [-0.3, -0.25) is 4.79 Å². The molecule has 0 radical (unpaired) electrons. The van der Waals surface area contributed by atoms with E-state index >= 15 is 0 Å². The van der Waals surface area contributed by atoms with Crippen LogP contribution in [-0.4, -0.2) is 18.5 Å². The zero-order valence-corrected chi connectivity index (χ0v) is 16.7. The van der Waals surface area contributed by atoms with E-state index in [2.05, 4.69) is 30.6 Å². The Hall–Kier alpha value is -3.58. The molecular formula is C25H25N3O. The van der Waals surface area contributed by atoms with Gasteiger partial charge in [0.05, 0.1) is 11.6 Å². The third-order valence-electron chi connectivity index (χ3n) is 4.92. The van der Waals surface area contributed by atoms with Crippen molar-refractivity contribution in [3.05, 3.63) is 90.0 Å². The van der Waals surface area contributed by atoms with Crippen LogP contribution in [0.2, 0.25) is 0 Å². The maximum Gasteiger partial charge on any atom is 0.251 e. The van der Waals surface area contributed by atoms with Crippen LogP contribution in [0.15, 0.2) is 78.9 Å². The monoisotopic (exact) mass is 383 g/mol. The standard InChI is InChI=1S/C25H25N3O/c1-18(2)24(28-20-11-4-3-5-12-20)17-27-25(29)23-15-9-8-14-22(23)21-13-7-6-10-19(21)16-26/h3-15,18,24,28H,17H2,1-2H3,(H,27,29). The average molecular weight is 383 g/mol. The Labute approximate surface area is 172 Å². The van der Waals surface area contributed by atoms with E-state index in [4.69, 9.17) is 0 Å². The molecule has 0 bridgehead atoms. The maximum atomic E-state index is 13.0. The van der Waals surface area contributed by atoms with Gasteiger partial charge in [0, 0.05) is 29.4 Å². The van der Waals surface area contributed by atoms with Crippen LogP contribution in [0.5, 0.6) is 0 Å². The lowest BCUT2D eigenvalue weighted by Gasteiger charge is -2.24. The Balaban J connectivity index is 1.78. The van der Waals surface area contributed by atoms with Gasteiger partial charge in [0.15, 0.2) is 0 Å². The van der Waals surface area contributed by atoms with Gasteiger partial charge in [-0.1, -0.05) is 68.4 Å². The number of hydrogen-bond donors (Lipinski definition) is 2. The lowest BCUT2D eigenvalue weighted by atomic mass is 9.95. The predicted octanol–water partition coefficient (Wildman–Crippen LogP) is 5.09. The van der Waals surface area contributed by atoms with Gasteiger partial charge in [0.2, 0.25) is 0 Å². The molecule has 3 aromatic carbocycles. The van der Waals surface area contributed by atoms with Crippen molar-refractivity contribution in [3.63, 3.8) is 0 Å². The maximum absolute atomic E-state index is 13.0. The Morgan fingerprint density at radius 1 is 0.897 bits per heavy atom. The van der Waals surface area contributed by atoms with Gasteiger partial charge in [-0.05, 0) is 35.7 Å². The van der Waals surface area contributed by atoms with Crippen LogP contribution < -0.4 is 10.6 Å². The molecule has 0 aliphatic carbocycles. The first kappa shape index (κ1) is 20.2. The minimum atomic E-state index is -0.145. The smallest absolute Gasteiger partial charge is 0.251 e. The molecule has 0 spiro atoms. The molecule has 0 aromatic heterocycles. The summed E-state index contributed by atoms with van der Waals surface area (Å²) in [5, 5.41) is 16.0. The van der Waals surface area contributed by atoms with E-state index < -0.39 is 0 Å². The number of para-hydroxylation sites is 1. The van der Waals surface area contributed by atoms with Gasteiger partial charge >= 0.3 is 0 Å². The molecule has 0 fully saturated rings. The fourth-order valence-corrected chi connectivity index (χ4v) is 3.23. The second kappa shape index (κ2) is 9.57. The normalized spacial score (nSPS) is 11.5. The summed E-state index contributed by atoms with van der Waals surface area (Å²) >= 11 is 0. The molecule has 3 aromatic rings. The molecule has 1 atom stereocenters. The summed E-state index contributed by atoms with van der Waals surface area (Å²) in [5.74, 6) is 0.193. The molecule has 0 saturated carbocycles. The van der Waals surface area contributed by atoms with E-state index in [1.807, 2.05) is 66.7 Å². The van der Waals surface area contributed by atoms with Crippen LogP contribution in [0.3, 0.4) is 0 Å². The quantitative estimate of drug-likeness (QED) is 0.597. The van der Waals surface area contributed by atoms with E-state index in [1.165, 1.54) is 0 Å². The molecule has 1 amide bonds. The van der Waals surface area contributed by atoms with E-state index in [-0.39, 0.29) is 11.9 Å². The summed E-state index contributed by atoms with van der Waals surface area (Å²) in [6.45, 7) is 4.76.